The fourth-order valence-electron chi connectivity index (χ4n) is 1.68. The van der Waals surface area contributed by atoms with Crippen molar-refractivity contribution in [2.45, 2.75) is 6.54 Å². The van der Waals surface area contributed by atoms with Crippen molar-refractivity contribution in [1.82, 2.24) is 10.3 Å². The Morgan fingerprint density at radius 3 is 2.71 bits per heavy atom. The van der Waals surface area contributed by atoms with Crippen molar-refractivity contribution in [1.29, 1.82) is 0 Å². The van der Waals surface area contributed by atoms with Gasteiger partial charge in [0.15, 0.2) is 0 Å². The highest BCUT2D eigenvalue weighted by Gasteiger charge is 2.12. The van der Waals surface area contributed by atoms with E-state index in [1.165, 1.54) is 18.3 Å². The number of anilines is 1. The first kappa shape index (κ1) is 15.5. The third-order valence-electron chi connectivity index (χ3n) is 2.79. The van der Waals surface area contributed by atoms with Crippen LogP contribution < -0.4 is 10.6 Å². The number of nitrogens with zero attached hydrogens (tertiary/aromatic N) is 1. The fourth-order valence-corrected chi connectivity index (χ4v) is 2.07. The zero-order chi connectivity index (χ0) is 15.4. The van der Waals surface area contributed by atoms with E-state index in [1.54, 1.807) is 19.2 Å². The van der Waals surface area contributed by atoms with Gasteiger partial charge in [0.25, 0.3) is 5.91 Å². The molecule has 0 spiro atoms. The van der Waals surface area contributed by atoms with E-state index in [4.69, 9.17) is 23.2 Å². The van der Waals surface area contributed by atoms with Gasteiger partial charge in [-0.15, -0.1) is 0 Å². The lowest BCUT2D eigenvalue weighted by molar-refractivity contribution is 0.0951. The smallest absolute Gasteiger partial charge is 0.253 e. The molecule has 1 amide bonds. The summed E-state index contributed by atoms with van der Waals surface area (Å²) in [6.07, 6.45) is 1.40. The predicted octanol–water partition coefficient (Wildman–Crippen LogP) is 3.50. The van der Waals surface area contributed by atoms with E-state index in [0.29, 0.717) is 16.9 Å². The molecule has 0 fully saturated rings. The summed E-state index contributed by atoms with van der Waals surface area (Å²) in [6, 6.07) is 5.82. The molecule has 21 heavy (non-hydrogen) atoms. The van der Waals surface area contributed by atoms with Crippen LogP contribution in [0.4, 0.5) is 10.2 Å². The Kier molecular flexibility index (Phi) is 4.98. The number of hydrogen-bond donors (Lipinski definition) is 2. The van der Waals surface area contributed by atoms with Gasteiger partial charge in [0.2, 0.25) is 0 Å². The molecule has 2 aromatic rings. The Balaban J connectivity index is 2.09. The molecule has 0 saturated heterocycles. The number of pyridine rings is 1. The number of carbonyl (C=O) groups excluding carboxylic acids is 1. The monoisotopic (exact) mass is 327 g/mol. The molecule has 0 bridgehead atoms. The number of amides is 1. The molecule has 0 aliphatic heterocycles. The molecule has 2 rings (SSSR count). The van der Waals surface area contributed by atoms with Gasteiger partial charge in [-0.2, -0.15) is 0 Å². The second-order valence-electron chi connectivity index (χ2n) is 4.23. The average molecular weight is 328 g/mol. The summed E-state index contributed by atoms with van der Waals surface area (Å²) in [5, 5.41) is 5.79. The Morgan fingerprint density at radius 2 is 2.05 bits per heavy atom. The third-order valence-corrected chi connectivity index (χ3v) is 3.38. The van der Waals surface area contributed by atoms with Crippen molar-refractivity contribution < 1.29 is 9.18 Å². The lowest BCUT2D eigenvalue weighted by atomic mass is 10.2. The number of hydrogen-bond acceptors (Lipinski definition) is 3. The van der Waals surface area contributed by atoms with Gasteiger partial charge in [0, 0.05) is 19.8 Å². The summed E-state index contributed by atoms with van der Waals surface area (Å²) in [5.41, 5.74) is 0.998. The largest absolute Gasteiger partial charge is 0.373 e. The zero-order valence-electron chi connectivity index (χ0n) is 11.1. The molecule has 1 aromatic carbocycles. The molecular weight excluding hydrogens is 316 g/mol. The standard InChI is InChI=1S/C14H12Cl2FN3O/c1-18-13-5-9(11(16)7-19-13)14(21)20-6-8-2-3-12(17)10(15)4-8/h2-5,7H,6H2,1H3,(H,18,19)(H,20,21). The Labute approximate surface area is 131 Å². The summed E-state index contributed by atoms with van der Waals surface area (Å²) < 4.78 is 13.0. The van der Waals surface area contributed by atoms with Crippen LogP contribution in [-0.4, -0.2) is 17.9 Å². The highest BCUT2D eigenvalue weighted by molar-refractivity contribution is 6.33. The van der Waals surface area contributed by atoms with Crippen LogP contribution >= 0.6 is 23.2 Å². The molecular formula is C14H12Cl2FN3O. The summed E-state index contributed by atoms with van der Waals surface area (Å²) in [4.78, 5) is 16.1. The van der Waals surface area contributed by atoms with Gasteiger partial charge in [-0.25, -0.2) is 9.37 Å². The number of nitrogens with one attached hydrogen (secondary N) is 2. The first-order chi connectivity index (χ1) is 10.0. The number of benzene rings is 1. The van der Waals surface area contributed by atoms with Crippen LogP contribution in [0.2, 0.25) is 10.0 Å². The molecule has 0 saturated carbocycles. The third kappa shape index (κ3) is 3.83. The molecule has 1 aromatic heterocycles. The van der Waals surface area contributed by atoms with Crippen LogP contribution in [0.1, 0.15) is 15.9 Å². The van der Waals surface area contributed by atoms with Crippen molar-refractivity contribution in [2.24, 2.45) is 0 Å². The maximum absolute atomic E-state index is 13.0. The van der Waals surface area contributed by atoms with Gasteiger partial charge in [0.05, 0.1) is 15.6 Å². The molecule has 2 N–H and O–H groups in total. The first-order valence-electron chi connectivity index (χ1n) is 6.06. The van der Waals surface area contributed by atoms with Crippen LogP contribution in [0, 0.1) is 5.82 Å². The minimum absolute atomic E-state index is 0.0150. The fraction of sp³-hybridized carbons (Fsp3) is 0.143. The van der Waals surface area contributed by atoms with E-state index in [9.17, 15) is 9.18 Å². The van der Waals surface area contributed by atoms with Crippen LogP contribution in [0.3, 0.4) is 0 Å². The minimum Gasteiger partial charge on any atom is -0.373 e. The minimum atomic E-state index is -0.498. The molecule has 0 radical (unpaired) electrons. The molecule has 0 aliphatic rings. The van der Waals surface area contributed by atoms with Crippen molar-refractivity contribution in [3.05, 3.63) is 57.5 Å². The topological polar surface area (TPSA) is 54.0 Å². The van der Waals surface area contributed by atoms with Crippen LogP contribution in [0.5, 0.6) is 0 Å². The average Bonchev–Trinajstić information content (AvgIpc) is 2.48. The van der Waals surface area contributed by atoms with Gasteiger partial charge >= 0.3 is 0 Å². The summed E-state index contributed by atoms with van der Waals surface area (Å²) >= 11 is 11.6. The quantitative estimate of drug-likeness (QED) is 0.903. The van der Waals surface area contributed by atoms with Crippen LogP contribution in [0.15, 0.2) is 30.5 Å². The molecule has 0 aliphatic carbocycles. The second-order valence-corrected chi connectivity index (χ2v) is 5.04. The Hall–Kier alpha value is -1.85. The van der Waals surface area contributed by atoms with Gasteiger partial charge in [-0.05, 0) is 23.8 Å². The molecule has 7 heteroatoms. The molecule has 110 valence electrons. The highest BCUT2D eigenvalue weighted by Crippen LogP contribution is 2.19. The van der Waals surface area contributed by atoms with Crippen LogP contribution in [-0.2, 0) is 6.54 Å². The van der Waals surface area contributed by atoms with Gasteiger partial charge < -0.3 is 10.6 Å². The SMILES string of the molecule is CNc1cc(C(=O)NCc2ccc(F)c(Cl)c2)c(Cl)cn1. The van der Waals surface area contributed by atoms with Crippen molar-refractivity contribution in [3.8, 4) is 0 Å². The van der Waals surface area contributed by atoms with E-state index in [-0.39, 0.29) is 22.5 Å². The van der Waals surface area contributed by atoms with E-state index < -0.39 is 5.82 Å². The summed E-state index contributed by atoms with van der Waals surface area (Å²) in [5.74, 6) is -0.309. The van der Waals surface area contributed by atoms with E-state index in [1.807, 2.05) is 0 Å². The molecule has 0 unspecified atom stereocenters. The number of carbonyl (C=O) groups is 1. The van der Waals surface area contributed by atoms with E-state index in [2.05, 4.69) is 15.6 Å². The number of rotatable bonds is 4. The summed E-state index contributed by atoms with van der Waals surface area (Å²) in [6.45, 7) is 0.215. The van der Waals surface area contributed by atoms with Gasteiger partial charge in [0.1, 0.15) is 11.6 Å². The maximum Gasteiger partial charge on any atom is 0.253 e. The highest BCUT2D eigenvalue weighted by atomic mass is 35.5. The molecule has 4 nitrogen and oxygen atoms in total. The first-order valence-corrected chi connectivity index (χ1v) is 6.82. The van der Waals surface area contributed by atoms with Crippen molar-refractivity contribution in [2.75, 3.05) is 12.4 Å². The zero-order valence-corrected chi connectivity index (χ0v) is 12.6. The number of halogens is 3. The Bertz CT molecular complexity index is 679. The lowest BCUT2D eigenvalue weighted by Gasteiger charge is -2.08. The number of aromatic nitrogens is 1. The summed E-state index contributed by atoms with van der Waals surface area (Å²) in [7, 11) is 1.69. The van der Waals surface area contributed by atoms with Crippen LogP contribution in [0.25, 0.3) is 0 Å². The van der Waals surface area contributed by atoms with Gasteiger partial charge in [-0.3, -0.25) is 4.79 Å². The van der Waals surface area contributed by atoms with Crippen molar-refractivity contribution >= 4 is 34.9 Å². The molecule has 0 atom stereocenters. The second kappa shape index (κ2) is 6.74. The molecule has 1 heterocycles. The van der Waals surface area contributed by atoms with E-state index in [0.717, 1.165) is 0 Å². The Morgan fingerprint density at radius 1 is 1.29 bits per heavy atom. The van der Waals surface area contributed by atoms with Crippen molar-refractivity contribution in [3.63, 3.8) is 0 Å². The van der Waals surface area contributed by atoms with Gasteiger partial charge in [-0.1, -0.05) is 29.3 Å². The normalized spacial score (nSPS) is 10.3. The lowest BCUT2D eigenvalue weighted by Crippen LogP contribution is -2.23. The predicted molar refractivity (Wildman–Crippen MR) is 81.4 cm³/mol. The van der Waals surface area contributed by atoms with E-state index >= 15 is 0 Å². The maximum atomic E-state index is 13.0.